The van der Waals surface area contributed by atoms with E-state index in [0.29, 0.717) is 22.5 Å². The molecule has 3 aromatic rings. The van der Waals surface area contributed by atoms with Crippen molar-refractivity contribution < 1.29 is 4.79 Å². The second-order valence-corrected chi connectivity index (χ2v) is 8.17. The lowest BCUT2D eigenvalue weighted by Crippen LogP contribution is -2.31. The second-order valence-electron chi connectivity index (χ2n) is 5.99. The number of hydrogen-bond acceptors (Lipinski definition) is 6. The lowest BCUT2D eigenvalue weighted by Gasteiger charge is -2.15. The first kappa shape index (κ1) is 17.8. The van der Waals surface area contributed by atoms with Crippen LogP contribution in [0.1, 0.15) is 11.4 Å². The molecule has 0 atom stereocenters. The molecule has 4 rings (SSSR count). The molecule has 0 spiro atoms. The molecule has 2 heterocycles. The van der Waals surface area contributed by atoms with Crippen LogP contribution < -0.4 is 11.3 Å². The van der Waals surface area contributed by atoms with Gasteiger partial charge in [-0.2, -0.15) is 0 Å². The van der Waals surface area contributed by atoms with E-state index in [-0.39, 0.29) is 12.1 Å². The SMILES string of the molecule is NC(=O)Cn1c(CSC2=Nc3ccccc3CS2)nc2ccccc2c1=O. The monoisotopic (exact) mass is 396 g/mol. The van der Waals surface area contributed by atoms with Crippen LogP contribution in [0.25, 0.3) is 10.9 Å². The Morgan fingerprint density at radius 2 is 1.96 bits per heavy atom. The number of rotatable bonds is 4. The summed E-state index contributed by atoms with van der Waals surface area (Å²) in [6.07, 6.45) is 0. The number of carbonyl (C=O) groups is 1. The molecule has 6 nitrogen and oxygen atoms in total. The van der Waals surface area contributed by atoms with Gasteiger partial charge in [0.15, 0.2) is 0 Å². The van der Waals surface area contributed by atoms with Gasteiger partial charge in [-0.15, -0.1) is 0 Å². The fraction of sp³-hybridized carbons (Fsp3) is 0.158. The number of thioether (sulfide) groups is 2. The molecule has 0 unspecified atom stereocenters. The van der Waals surface area contributed by atoms with Crippen LogP contribution in [0.3, 0.4) is 0 Å². The number of para-hydroxylation sites is 2. The predicted octanol–water partition coefficient (Wildman–Crippen LogP) is 3.05. The Bertz CT molecular complexity index is 1120. The van der Waals surface area contributed by atoms with E-state index in [2.05, 4.69) is 16.0 Å². The number of aromatic nitrogens is 2. The maximum atomic E-state index is 12.8. The van der Waals surface area contributed by atoms with Gasteiger partial charge in [0.1, 0.15) is 16.7 Å². The van der Waals surface area contributed by atoms with Crippen LogP contribution in [0.5, 0.6) is 0 Å². The Labute approximate surface area is 163 Å². The van der Waals surface area contributed by atoms with Crippen LogP contribution in [0.15, 0.2) is 58.3 Å². The number of aliphatic imine (C=N–C) groups is 1. The Kier molecular flexibility index (Phi) is 5.00. The lowest BCUT2D eigenvalue weighted by molar-refractivity contribution is -0.118. The van der Waals surface area contributed by atoms with Gasteiger partial charge in [0.25, 0.3) is 5.56 Å². The molecule has 2 N–H and O–H groups in total. The van der Waals surface area contributed by atoms with Gasteiger partial charge in [0, 0.05) is 5.75 Å². The van der Waals surface area contributed by atoms with E-state index in [1.807, 2.05) is 24.3 Å². The highest BCUT2D eigenvalue weighted by molar-refractivity contribution is 8.38. The quantitative estimate of drug-likeness (QED) is 0.732. The van der Waals surface area contributed by atoms with Crippen LogP contribution in [-0.4, -0.2) is 19.8 Å². The Hall–Kier alpha value is -2.58. The third kappa shape index (κ3) is 3.77. The van der Waals surface area contributed by atoms with Crippen LogP contribution in [0, 0.1) is 0 Å². The summed E-state index contributed by atoms with van der Waals surface area (Å²) in [5.41, 5.74) is 7.88. The Balaban J connectivity index is 1.66. The Morgan fingerprint density at radius 3 is 2.81 bits per heavy atom. The zero-order valence-corrected chi connectivity index (χ0v) is 15.9. The van der Waals surface area contributed by atoms with Gasteiger partial charge in [-0.1, -0.05) is 53.9 Å². The van der Waals surface area contributed by atoms with E-state index in [1.165, 1.54) is 21.9 Å². The van der Waals surface area contributed by atoms with Crippen molar-refractivity contribution in [3.63, 3.8) is 0 Å². The average molecular weight is 396 g/mol. The van der Waals surface area contributed by atoms with Gasteiger partial charge in [-0.05, 0) is 23.8 Å². The molecule has 2 aromatic carbocycles. The van der Waals surface area contributed by atoms with E-state index < -0.39 is 5.91 Å². The molecule has 8 heteroatoms. The first-order chi connectivity index (χ1) is 13.1. The number of nitrogens with two attached hydrogens (primary N) is 1. The van der Waals surface area contributed by atoms with Crippen molar-refractivity contribution in [2.75, 3.05) is 0 Å². The summed E-state index contributed by atoms with van der Waals surface area (Å²) in [6, 6.07) is 15.2. The lowest BCUT2D eigenvalue weighted by atomic mass is 10.2. The van der Waals surface area contributed by atoms with E-state index in [1.54, 1.807) is 30.0 Å². The van der Waals surface area contributed by atoms with Crippen molar-refractivity contribution in [2.45, 2.75) is 18.1 Å². The minimum atomic E-state index is -0.571. The molecule has 0 bridgehead atoms. The van der Waals surface area contributed by atoms with Crippen molar-refractivity contribution in [1.29, 1.82) is 0 Å². The minimum absolute atomic E-state index is 0.186. The molecule has 1 aliphatic rings. The number of amides is 1. The van der Waals surface area contributed by atoms with Crippen LogP contribution >= 0.6 is 23.5 Å². The molecule has 0 aliphatic carbocycles. The van der Waals surface area contributed by atoms with Crippen molar-refractivity contribution in [1.82, 2.24) is 9.55 Å². The fourth-order valence-corrected chi connectivity index (χ4v) is 4.86. The highest BCUT2D eigenvalue weighted by Crippen LogP contribution is 2.35. The molecule has 27 heavy (non-hydrogen) atoms. The molecule has 0 saturated heterocycles. The summed E-state index contributed by atoms with van der Waals surface area (Å²) < 4.78 is 2.28. The van der Waals surface area contributed by atoms with Crippen molar-refractivity contribution in [2.24, 2.45) is 10.7 Å². The topological polar surface area (TPSA) is 90.3 Å². The predicted molar refractivity (Wildman–Crippen MR) is 111 cm³/mol. The summed E-state index contributed by atoms with van der Waals surface area (Å²) in [5.74, 6) is 1.24. The van der Waals surface area contributed by atoms with E-state index in [4.69, 9.17) is 5.73 Å². The molecule has 1 aliphatic heterocycles. The Morgan fingerprint density at radius 1 is 1.19 bits per heavy atom. The number of hydrogen-bond donors (Lipinski definition) is 1. The number of fused-ring (bicyclic) bond motifs is 2. The number of benzene rings is 2. The van der Waals surface area contributed by atoms with Crippen molar-refractivity contribution >= 4 is 50.4 Å². The summed E-state index contributed by atoms with van der Waals surface area (Å²) in [5, 5.41) is 0.478. The van der Waals surface area contributed by atoms with Gasteiger partial charge < -0.3 is 5.73 Å². The summed E-state index contributed by atoms with van der Waals surface area (Å²) >= 11 is 3.17. The second kappa shape index (κ2) is 7.58. The highest BCUT2D eigenvalue weighted by Gasteiger charge is 2.16. The number of primary amides is 1. The van der Waals surface area contributed by atoms with Crippen LogP contribution in [-0.2, 0) is 22.8 Å². The van der Waals surface area contributed by atoms with Gasteiger partial charge in [-0.3, -0.25) is 14.2 Å². The standard InChI is InChI=1S/C19H16N4O2S2/c20-16(24)9-23-17(21-15-8-4-2-6-13(15)18(23)25)11-27-19-22-14-7-3-1-5-12(14)10-26-19/h1-8H,9-11H2,(H2,20,24). The maximum absolute atomic E-state index is 12.8. The third-order valence-corrected chi connectivity index (χ3v) is 6.38. The highest BCUT2D eigenvalue weighted by atomic mass is 32.2. The molecule has 1 aromatic heterocycles. The van der Waals surface area contributed by atoms with Gasteiger partial charge in [-0.25, -0.2) is 9.98 Å². The van der Waals surface area contributed by atoms with Gasteiger partial charge in [0.2, 0.25) is 5.91 Å². The molecular formula is C19H16N4O2S2. The molecule has 0 radical (unpaired) electrons. The zero-order chi connectivity index (χ0) is 18.8. The number of nitrogens with zero attached hydrogens (tertiary/aromatic N) is 3. The molecule has 0 fully saturated rings. The summed E-state index contributed by atoms with van der Waals surface area (Å²) in [6.45, 7) is -0.186. The summed E-state index contributed by atoms with van der Waals surface area (Å²) in [7, 11) is 0. The average Bonchev–Trinajstić information content (AvgIpc) is 2.68. The van der Waals surface area contributed by atoms with E-state index >= 15 is 0 Å². The van der Waals surface area contributed by atoms with Gasteiger partial charge >= 0.3 is 0 Å². The van der Waals surface area contributed by atoms with Crippen molar-refractivity contribution in [3.8, 4) is 0 Å². The third-order valence-electron chi connectivity index (χ3n) is 4.13. The smallest absolute Gasteiger partial charge is 0.261 e. The van der Waals surface area contributed by atoms with Crippen LogP contribution in [0.4, 0.5) is 5.69 Å². The maximum Gasteiger partial charge on any atom is 0.261 e. The zero-order valence-electron chi connectivity index (χ0n) is 14.3. The largest absolute Gasteiger partial charge is 0.368 e. The van der Waals surface area contributed by atoms with Gasteiger partial charge in [0.05, 0.1) is 22.3 Å². The molecule has 136 valence electrons. The molecule has 1 amide bonds. The fourth-order valence-electron chi connectivity index (χ4n) is 2.86. The first-order valence-electron chi connectivity index (χ1n) is 8.31. The first-order valence-corrected chi connectivity index (χ1v) is 10.3. The molecule has 0 saturated carbocycles. The van der Waals surface area contributed by atoms with Crippen molar-refractivity contribution in [3.05, 3.63) is 70.3 Å². The van der Waals surface area contributed by atoms with E-state index in [0.717, 1.165) is 15.8 Å². The minimum Gasteiger partial charge on any atom is -0.368 e. The number of carbonyl (C=O) groups excluding carboxylic acids is 1. The van der Waals surface area contributed by atoms with Crippen LogP contribution in [0.2, 0.25) is 0 Å². The summed E-state index contributed by atoms with van der Waals surface area (Å²) in [4.78, 5) is 33.5. The molecular weight excluding hydrogens is 380 g/mol. The van der Waals surface area contributed by atoms with E-state index in [9.17, 15) is 9.59 Å². The normalized spacial score (nSPS) is 13.3.